The molecule has 1 heterocycles. The summed E-state index contributed by atoms with van der Waals surface area (Å²) in [5, 5.41) is 6.25. The fourth-order valence-electron chi connectivity index (χ4n) is 7.56. The van der Waals surface area contributed by atoms with Crippen molar-refractivity contribution in [1.82, 2.24) is 9.62 Å². The predicted molar refractivity (Wildman–Crippen MR) is 137 cm³/mol. The van der Waals surface area contributed by atoms with Gasteiger partial charge in [0.05, 0.1) is 4.90 Å². The van der Waals surface area contributed by atoms with E-state index in [1.165, 1.54) is 23.6 Å². The van der Waals surface area contributed by atoms with Crippen LogP contribution in [0.1, 0.15) is 61.7 Å². The van der Waals surface area contributed by atoms with Gasteiger partial charge in [-0.1, -0.05) is 24.3 Å². The number of rotatable bonds is 6. The molecule has 2 N–H and O–H groups in total. The van der Waals surface area contributed by atoms with Crippen molar-refractivity contribution in [3.05, 3.63) is 60.2 Å². The fraction of sp³-hybridized carbons (Fsp3) is 0.500. The van der Waals surface area contributed by atoms with Crippen molar-refractivity contribution in [2.45, 2.75) is 67.8 Å². The second-order valence-electron chi connectivity index (χ2n) is 11.3. The molecule has 4 aliphatic carbocycles. The summed E-state index contributed by atoms with van der Waals surface area (Å²) < 4.78 is 27.6. The lowest BCUT2D eigenvalue weighted by Crippen LogP contribution is -2.59. The molecule has 8 heteroatoms. The molecule has 2 amide bonds. The Labute approximate surface area is 212 Å². The quantitative estimate of drug-likeness (QED) is 0.613. The molecule has 5 fully saturated rings. The fourth-order valence-corrected chi connectivity index (χ4v) is 9.24. The van der Waals surface area contributed by atoms with Crippen molar-refractivity contribution in [3.63, 3.8) is 0 Å². The lowest BCUT2D eigenvalue weighted by atomic mass is 9.53. The van der Waals surface area contributed by atoms with E-state index in [1.807, 2.05) is 0 Å². The summed E-state index contributed by atoms with van der Waals surface area (Å²) >= 11 is 0. The normalized spacial score (nSPS) is 31.3. The largest absolute Gasteiger partial charge is 0.347 e. The van der Waals surface area contributed by atoms with Gasteiger partial charge in [0.1, 0.15) is 6.04 Å². The Morgan fingerprint density at radius 1 is 0.889 bits per heavy atom. The molecule has 0 spiro atoms. The Balaban J connectivity index is 1.15. The van der Waals surface area contributed by atoms with Crippen molar-refractivity contribution < 1.29 is 18.0 Å². The van der Waals surface area contributed by atoms with Gasteiger partial charge in [0.15, 0.2) is 0 Å². The Morgan fingerprint density at radius 3 is 2.22 bits per heavy atom. The number of benzene rings is 2. The molecule has 1 atom stereocenters. The van der Waals surface area contributed by atoms with Crippen LogP contribution in [-0.2, 0) is 14.8 Å². The van der Waals surface area contributed by atoms with Crippen LogP contribution in [0.3, 0.4) is 0 Å². The third-order valence-electron chi connectivity index (χ3n) is 8.67. The molecule has 1 aliphatic heterocycles. The van der Waals surface area contributed by atoms with Crippen molar-refractivity contribution in [3.8, 4) is 0 Å². The highest BCUT2D eigenvalue weighted by Crippen LogP contribution is 2.55. The summed E-state index contributed by atoms with van der Waals surface area (Å²) in [5.74, 6) is 1.75. The molecule has 1 saturated heterocycles. The molecular weight excluding hydrogens is 474 g/mol. The summed E-state index contributed by atoms with van der Waals surface area (Å²) in [6.45, 7) is 0.308. The first kappa shape index (κ1) is 23.7. The third kappa shape index (κ3) is 4.34. The van der Waals surface area contributed by atoms with Crippen LogP contribution in [0.5, 0.6) is 0 Å². The number of hydrogen-bond acceptors (Lipinski definition) is 4. The summed E-state index contributed by atoms with van der Waals surface area (Å²) in [4.78, 5) is 26.6. The summed E-state index contributed by atoms with van der Waals surface area (Å²) in [6.07, 6.45) is 8.26. The Hall–Kier alpha value is -2.71. The lowest BCUT2D eigenvalue weighted by Gasteiger charge is -2.56. The van der Waals surface area contributed by atoms with Gasteiger partial charge in [-0.05, 0) is 99.5 Å². The van der Waals surface area contributed by atoms with Crippen LogP contribution >= 0.6 is 0 Å². The van der Waals surface area contributed by atoms with Crippen molar-refractivity contribution in [2.24, 2.45) is 17.8 Å². The molecule has 0 aromatic heterocycles. The summed E-state index contributed by atoms with van der Waals surface area (Å²) in [7, 11) is -3.76. The molecule has 7 rings (SSSR count). The lowest BCUT2D eigenvalue weighted by molar-refractivity contribution is -0.119. The van der Waals surface area contributed by atoms with Crippen molar-refractivity contribution in [1.29, 1.82) is 0 Å². The highest BCUT2D eigenvalue weighted by atomic mass is 32.2. The Kier molecular flexibility index (Phi) is 5.91. The standard InChI is InChI=1S/C28H33N3O4S/c32-26(30-28-16-19-12-20(17-28)14-21(13-19)18-28)22-6-4-7-23(15-22)29-27(33)25-10-5-11-31(25)36(34,35)24-8-2-1-3-9-24/h1-4,6-9,15,19-21,25H,5,10-14,16-18H2,(H,29,33)(H,30,32)/t19?,20?,21?,25-,28?/m1/s1. The zero-order chi connectivity index (χ0) is 24.9. The SMILES string of the molecule is O=C(NC12CC3CC(CC(C3)C1)C2)c1cccc(NC(=O)[C@H]2CCCN2S(=O)(=O)c2ccccc2)c1. The number of nitrogens with one attached hydrogen (secondary N) is 2. The van der Waals surface area contributed by atoms with Crippen molar-refractivity contribution in [2.75, 3.05) is 11.9 Å². The van der Waals surface area contributed by atoms with Crippen LogP contribution in [0, 0.1) is 17.8 Å². The van der Waals surface area contributed by atoms with Gasteiger partial charge in [0.25, 0.3) is 5.91 Å². The monoisotopic (exact) mass is 507 g/mol. The van der Waals surface area contributed by atoms with Gasteiger partial charge >= 0.3 is 0 Å². The number of sulfonamides is 1. The highest BCUT2D eigenvalue weighted by molar-refractivity contribution is 7.89. The molecule has 7 nitrogen and oxygen atoms in total. The summed E-state index contributed by atoms with van der Waals surface area (Å²) in [5.41, 5.74) is 0.937. The van der Waals surface area contributed by atoms with E-state index in [-0.39, 0.29) is 22.2 Å². The van der Waals surface area contributed by atoms with Gasteiger partial charge in [-0.25, -0.2) is 8.42 Å². The minimum absolute atomic E-state index is 0.0821. The Morgan fingerprint density at radius 2 is 1.56 bits per heavy atom. The second kappa shape index (κ2) is 8.99. The summed E-state index contributed by atoms with van der Waals surface area (Å²) in [6, 6.07) is 14.4. The molecule has 0 unspecified atom stereocenters. The van der Waals surface area contributed by atoms with Gasteiger partial charge in [-0.2, -0.15) is 4.31 Å². The van der Waals surface area contributed by atoms with Crippen molar-refractivity contribution >= 4 is 27.5 Å². The van der Waals surface area contributed by atoms with E-state index in [9.17, 15) is 18.0 Å². The highest BCUT2D eigenvalue weighted by Gasteiger charge is 2.51. The maximum Gasteiger partial charge on any atom is 0.251 e. The van der Waals surface area contributed by atoms with Crippen LogP contribution < -0.4 is 10.6 Å². The van der Waals surface area contributed by atoms with Crippen LogP contribution in [-0.4, -0.2) is 42.7 Å². The topological polar surface area (TPSA) is 95.6 Å². The number of hydrogen-bond donors (Lipinski definition) is 2. The molecule has 4 saturated carbocycles. The van der Waals surface area contributed by atoms with Crippen LogP contribution in [0.4, 0.5) is 5.69 Å². The van der Waals surface area contributed by atoms with E-state index in [2.05, 4.69) is 10.6 Å². The molecule has 5 aliphatic rings. The average molecular weight is 508 g/mol. The van der Waals surface area contributed by atoms with E-state index < -0.39 is 16.1 Å². The van der Waals surface area contributed by atoms with E-state index in [1.54, 1.807) is 54.6 Å². The molecule has 2 aromatic rings. The number of nitrogens with zero attached hydrogens (tertiary/aromatic N) is 1. The molecular formula is C28H33N3O4S. The predicted octanol–water partition coefficient (Wildman–Crippen LogP) is 4.18. The van der Waals surface area contributed by atoms with Crippen LogP contribution in [0.2, 0.25) is 0 Å². The third-order valence-corrected chi connectivity index (χ3v) is 10.6. The number of anilines is 1. The minimum Gasteiger partial charge on any atom is -0.347 e. The number of amides is 2. The molecule has 36 heavy (non-hydrogen) atoms. The van der Waals surface area contributed by atoms with Crippen LogP contribution in [0.25, 0.3) is 0 Å². The first-order valence-corrected chi connectivity index (χ1v) is 14.6. The van der Waals surface area contributed by atoms with E-state index in [0.29, 0.717) is 30.6 Å². The first-order valence-electron chi connectivity index (χ1n) is 13.1. The Bertz CT molecular complexity index is 1240. The zero-order valence-electron chi connectivity index (χ0n) is 20.4. The maximum absolute atomic E-state index is 13.3. The first-order chi connectivity index (χ1) is 17.3. The van der Waals surface area contributed by atoms with Crippen LogP contribution in [0.15, 0.2) is 59.5 Å². The molecule has 2 aromatic carbocycles. The number of carbonyl (C=O) groups is 2. The smallest absolute Gasteiger partial charge is 0.251 e. The van der Waals surface area contributed by atoms with Gasteiger partial charge in [-0.15, -0.1) is 0 Å². The van der Waals surface area contributed by atoms with E-state index in [4.69, 9.17) is 0 Å². The minimum atomic E-state index is -3.76. The van der Waals surface area contributed by atoms with Gasteiger partial charge in [0.2, 0.25) is 15.9 Å². The van der Waals surface area contributed by atoms with Gasteiger partial charge < -0.3 is 10.6 Å². The number of carbonyl (C=O) groups excluding carboxylic acids is 2. The zero-order valence-corrected chi connectivity index (χ0v) is 21.2. The second-order valence-corrected chi connectivity index (χ2v) is 13.2. The average Bonchev–Trinajstić information content (AvgIpc) is 3.35. The maximum atomic E-state index is 13.3. The van der Waals surface area contributed by atoms with E-state index >= 15 is 0 Å². The van der Waals surface area contributed by atoms with Gasteiger partial charge in [-0.3, -0.25) is 9.59 Å². The molecule has 4 bridgehead atoms. The molecule has 0 radical (unpaired) electrons. The molecule has 190 valence electrons. The van der Waals surface area contributed by atoms with Gasteiger partial charge in [0, 0.05) is 23.3 Å². The van der Waals surface area contributed by atoms with E-state index in [0.717, 1.165) is 37.0 Å².